The quantitative estimate of drug-likeness (QED) is 0.866. The van der Waals surface area contributed by atoms with Crippen molar-refractivity contribution < 1.29 is 14.7 Å². The third-order valence-electron chi connectivity index (χ3n) is 4.01. The van der Waals surface area contributed by atoms with E-state index >= 15 is 0 Å². The molecule has 1 amide bonds. The molecule has 1 aliphatic rings. The summed E-state index contributed by atoms with van der Waals surface area (Å²) in [6, 6.07) is 7.86. The minimum atomic E-state index is -1.04. The highest BCUT2D eigenvalue weighted by atomic mass is 16.4. The van der Waals surface area contributed by atoms with Crippen LogP contribution in [0.3, 0.4) is 0 Å². The predicted molar refractivity (Wildman–Crippen MR) is 76.5 cm³/mol. The monoisotopic (exact) mass is 275 g/mol. The second-order valence-electron chi connectivity index (χ2n) is 5.49. The Hall–Kier alpha value is -1.84. The van der Waals surface area contributed by atoms with E-state index in [-0.39, 0.29) is 12.3 Å². The zero-order chi connectivity index (χ0) is 14.6. The molecule has 1 saturated carbocycles. The number of nitrogens with one attached hydrogen (secondary N) is 1. The number of carboxylic acids is 1. The highest BCUT2D eigenvalue weighted by Gasteiger charge is 2.42. The van der Waals surface area contributed by atoms with E-state index in [1.807, 2.05) is 24.3 Å². The number of carboxylic acid groups (broad SMARTS) is 1. The average molecular weight is 275 g/mol. The van der Waals surface area contributed by atoms with Crippen LogP contribution in [0.1, 0.15) is 43.7 Å². The Morgan fingerprint density at radius 3 is 2.50 bits per heavy atom. The maximum Gasteiger partial charge on any atom is 0.329 e. The molecule has 4 nitrogen and oxygen atoms in total. The molecule has 0 atom stereocenters. The van der Waals surface area contributed by atoms with Crippen LogP contribution < -0.4 is 5.32 Å². The average Bonchev–Trinajstić information content (AvgIpc) is 2.88. The summed E-state index contributed by atoms with van der Waals surface area (Å²) in [6.07, 6.45) is 3.94. The summed E-state index contributed by atoms with van der Waals surface area (Å²) in [5, 5.41) is 12.1. The molecule has 0 aromatic heterocycles. The third kappa shape index (κ3) is 3.18. The van der Waals surface area contributed by atoms with Crippen molar-refractivity contribution in [3.8, 4) is 0 Å². The van der Waals surface area contributed by atoms with Gasteiger partial charge >= 0.3 is 5.97 Å². The van der Waals surface area contributed by atoms with Gasteiger partial charge in [-0.15, -0.1) is 0 Å². The van der Waals surface area contributed by atoms with Gasteiger partial charge in [-0.05, 0) is 30.4 Å². The molecule has 0 unspecified atom stereocenters. The lowest BCUT2D eigenvalue weighted by molar-refractivity contribution is -0.147. The van der Waals surface area contributed by atoms with E-state index in [0.29, 0.717) is 12.8 Å². The van der Waals surface area contributed by atoms with Gasteiger partial charge in [-0.1, -0.05) is 44.0 Å². The fourth-order valence-corrected chi connectivity index (χ4v) is 2.83. The standard InChI is InChI=1S/C16H21NO3/c1-2-12-6-5-7-13(10-12)11-14(18)17-16(15(19)20)8-3-4-9-16/h5-7,10H,2-4,8-9,11H2,1H3,(H,17,18)(H,19,20). The molecule has 0 spiro atoms. The van der Waals surface area contributed by atoms with Crippen molar-refractivity contribution in [3.63, 3.8) is 0 Å². The van der Waals surface area contributed by atoms with Gasteiger partial charge < -0.3 is 10.4 Å². The van der Waals surface area contributed by atoms with Gasteiger partial charge in [0.15, 0.2) is 0 Å². The first kappa shape index (κ1) is 14.6. The molecule has 20 heavy (non-hydrogen) atoms. The SMILES string of the molecule is CCc1cccc(CC(=O)NC2(C(=O)O)CCCC2)c1. The van der Waals surface area contributed by atoms with Crippen LogP contribution in [0.15, 0.2) is 24.3 Å². The first-order valence-corrected chi connectivity index (χ1v) is 7.18. The molecule has 2 rings (SSSR count). The van der Waals surface area contributed by atoms with E-state index in [4.69, 9.17) is 0 Å². The van der Waals surface area contributed by atoms with Gasteiger partial charge in [-0.3, -0.25) is 4.79 Å². The van der Waals surface area contributed by atoms with Crippen LogP contribution in [0, 0.1) is 0 Å². The Kier molecular flexibility index (Phi) is 4.42. The van der Waals surface area contributed by atoms with Crippen molar-refractivity contribution in [2.24, 2.45) is 0 Å². The minimum Gasteiger partial charge on any atom is -0.480 e. The zero-order valence-electron chi connectivity index (χ0n) is 11.8. The lowest BCUT2D eigenvalue weighted by Crippen LogP contribution is -2.52. The number of hydrogen-bond donors (Lipinski definition) is 2. The Bertz CT molecular complexity index is 504. The van der Waals surface area contributed by atoms with Gasteiger partial charge in [0.05, 0.1) is 6.42 Å². The van der Waals surface area contributed by atoms with Crippen molar-refractivity contribution in [1.29, 1.82) is 0 Å². The van der Waals surface area contributed by atoms with Gasteiger partial charge in [0.2, 0.25) is 5.91 Å². The van der Waals surface area contributed by atoms with Gasteiger partial charge in [0, 0.05) is 0 Å². The van der Waals surface area contributed by atoms with E-state index in [1.54, 1.807) is 0 Å². The summed E-state index contributed by atoms with van der Waals surface area (Å²) < 4.78 is 0. The molecule has 4 heteroatoms. The molecule has 0 heterocycles. The summed E-state index contributed by atoms with van der Waals surface area (Å²) in [4.78, 5) is 23.5. The lowest BCUT2D eigenvalue weighted by atomic mass is 9.97. The maximum absolute atomic E-state index is 12.1. The number of benzene rings is 1. The van der Waals surface area contributed by atoms with Crippen LogP contribution >= 0.6 is 0 Å². The van der Waals surface area contributed by atoms with E-state index in [1.165, 1.54) is 5.56 Å². The Labute approximate surface area is 119 Å². The normalized spacial score (nSPS) is 16.9. The van der Waals surface area contributed by atoms with Crippen molar-refractivity contribution in [3.05, 3.63) is 35.4 Å². The molecule has 108 valence electrons. The fourth-order valence-electron chi connectivity index (χ4n) is 2.83. The Morgan fingerprint density at radius 1 is 1.25 bits per heavy atom. The summed E-state index contributed by atoms with van der Waals surface area (Å²) in [5.41, 5.74) is 1.07. The molecule has 0 saturated heterocycles. The number of carbonyl (C=O) groups excluding carboxylic acids is 1. The van der Waals surface area contributed by atoms with E-state index in [2.05, 4.69) is 12.2 Å². The van der Waals surface area contributed by atoms with Gasteiger partial charge in [-0.25, -0.2) is 4.79 Å². The minimum absolute atomic E-state index is 0.206. The van der Waals surface area contributed by atoms with Crippen LogP contribution in [0.4, 0.5) is 0 Å². The first-order valence-electron chi connectivity index (χ1n) is 7.18. The molecule has 0 bridgehead atoms. The largest absolute Gasteiger partial charge is 0.480 e. The number of rotatable bonds is 5. The predicted octanol–water partition coefficient (Wildman–Crippen LogP) is 2.31. The lowest BCUT2D eigenvalue weighted by Gasteiger charge is -2.25. The van der Waals surface area contributed by atoms with Gasteiger partial charge in [0.25, 0.3) is 0 Å². The number of carbonyl (C=O) groups is 2. The number of amides is 1. The van der Waals surface area contributed by atoms with Gasteiger partial charge in [-0.2, -0.15) is 0 Å². The van der Waals surface area contributed by atoms with Crippen LogP contribution in [0.25, 0.3) is 0 Å². The molecule has 0 radical (unpaired) electrons. The molecule has 2 N–H and O–H groups in total. The van der Waals surface area contributed by atoms with E-state index in [0.717, 1.165) is 24.8 Å². The summed E-state index contributed by atoms with van der Waals surface area (Å²) in [6.45, 7) is 2.07. The molecular weight excluding hydrogens is 254 g/mol. The molecule has 1 aromatic rings. The molecule has 1 aliphatic carbocycles. The second-order valence-corrected chi connectivity index (χ2v) is 5.49. The molecule has 0 aliphatic heterocycles. The first-order chi connectivity index (χ1) is 9.55. The number of aliphatic carboxylic acids is 1. The maximum atomic E-state index is 12.1. The van der Waals surface area contributed by atoms with Crippen molar-refractivity contribution in [2.45, 2.75) is 51.0 Å². The Morgan fingerprint density at radius 2 is 1.90 bits per heavy atom. The highest BCUT2D eigenvalue weighted by molar-refractivity contribution is 5.88. The molecule has 1 fully saturated rings. The van der Waals surface area contributed by atoms with Crippen molar-refractivity contribution in [1.82, 2.24) is 5.32 Å². The van der Waals surface area contributed by atoms with Crippen molar-refractivity contribution >= 4 is 11.9 Å². The fraction of sp³-hybridized carbons (Fsp3) is 0.500. The van der Waals surface area contributed by atoms with E-state index in [9.17, 15) is 14.7 Å². The van der Waals surface area contributed by atoms with Crippen LogP contribution in [-0.4, -0.2) is 22.5 Å². The van der Waals surface area contributed by atoms with Crippen molar-refractivity contribution in [2.75, 3.05) is 0 Å². The summed E-state index contributed by atoms with van der Waals surface area (Å²) in [5.74, 6) is -1.12. The number of aryl methyl sites for hydroxylation is 1. The third-order valence-corrected chi connectivity index (χ3v) is 4.01. The Balaban J connectivity index is 2.02. The zero-order valence-corrected chi connectivity index (χ0v) is 11.8. The summed E-state index contributed by atoms with van der Waals surface area (Å²) in [7, 11) is 0. The highest BCUT2D eigenvalue weighted by Crippen LogP contribution is 2.30. The van der Waals surface area contributed by atoms with Gasteiger partial charge in [0.1, 0.15) is 5.54 Å². The smallest absolute Gasteiger partial charge is 0.329 e. The second kappa shape index (κ2) is 6.07. The molecular formula is C16H21NO3. The molecule has 1 aromatic carbocycles. The van der Waals surface area contributed by atoms with E-state index < -0.39 is 11.5 Å². The number of hydrogen-bond acceptors (Lipinski definition) is 2. The van der Waals surface area contributed by atoms with Crippen LogP contribution in [0.2, 0.25) is 0 Å². The van der Waals surface area contributed by atoms with Crippen LogP contribution in [0.5, 0.6) is 0 Å². The topological polar surface area (TPSA) is 66.4 Å². The summed E-state index contributed by atoms with van der Waals surface area (Å²) >= 11 is 0. The van der Waals surface area contributed by atoms with Crippen LogP contribution in [-0.2, 0) is 22.4 Å².